The molecule has 1 unspecified atom stereocenters. The van der Waals surface area contributed by atoms with Crippen molar-refractivity contribution < 1.29 is 4.39 Å². The van der Waals surface area contributed by atoms with E-state index in [1.807, 2.05) is 19.1 Å². The van der Waals surface area contributed by atoms with E-state index in [2.05, 4.69) is 17.1 Å². The van der Waals surface area contributed by atoms with E-state index in [1.54, 1.807) is 6.07 Å². The van der Waals surface area contributed by atoms with E-state index in [4.69, 9.17) is 0 Å². The van der Waals surface area contributed by atoms with Gasteiger partial charge in [0.2, 0.25) is 0 Å². The fraction of sp³-hybridized carbons (Fsp3) is 0.571. The molecule has 1 aliphatic heterocycles. The van der Waals surface area contributed by atoms with Crippen molar-refractivity contribution in [1.29, 1.82) is 0 Å². The molecular formula is C14H21FN2. The Hall–Kier alpha value is -0.930. The van der Waals surface area contributed by atoms with Crippen molar-refractivity contribution >= 4 is 0 Å². The average molecular weight is 236 g/mol. The number of halogens is 1. The zero-order valence-electron chi connectivity index (χ0n) is 10.7. The number of benzene rings is 1. The summed E-state index contributed by atoms with van der Waals surface area (Å²) in [5.41, 5.74) is 1.96. The second-order valence-electron chi connectivity index (χ2n) is 4.83. The molecule has 17 heavy (non-hydrogen) atoms. The SMILES string of the molecule is CCN1CCNC(Cc2ccc(F)c(C)c2)C1. The first kappa shape index (κ1) is 12.5. The summed E-state index contributed by atoms with van der Waals surface area (Å²) in [5, 5.41) is 3.53. The first-order valence-electron chi connectivity index (χ1n) is 6.40. The third-order valence-electron chi connectivity index (χ3n) is 3.49. The first-order chi connectivity index (χ1) is 8.19. The van der Waals surface area contributed by atoms with Gasteiger partial charge < -0.3 is 10.2 Å². The molecule has 1 N–H and O–H groups in total. The maximum atomic E-state index is 13.2. The number of nitrogens with zero attached hydrogens (tertiary/aromatic N) is 1. The highest BCUT2D eigenvalue weighted by molar-refractivity contribution is 5.24. The van der Waals surface area contributed by atoms with E-state index >= 15 is 0 Å². The summed E-state index contributed by atoms with van der Waals surface area (Å²) < 4.78 is 13.2. The van der Waals surface area contributed by atoms with Gasteiger partial charge in [0.05, 0.1) is 0 Å². The van der Waals surface area contributed by atoms with Crippen molar-refractivity contribution in [3.63, 3.8) is 0 Å². The molecule has 94 valence electrons. The number of rotatable bonds is 3. The lowest BCUT2D eigenvalue weighted by molar-refractivity contribution is 0.208. The van der Waals surface area contributed by atoms with Gasteiger partial charge >= 0.3 is 0 Å². The van der Waals surface area contributed by atoms with Crippen LogP contribution in [0.5, 0.6) is 0 Å². The van der Waals surface area contributed by atoms with Crippen molar-refractivity contribution in [1.82, 2.24) is 10.2 Å². The summed E-state index contributed by atoms with van der Waals surface area (Å²) in [6.07, 6.45) is 0.984. The van der Waals surface area contributed by atoms with Crippen LogP contribution in [-0.2, 0) is 6.42 Å². The van der Waals surface area contributed by atoms with Crippen molar-refractivity contribution in [3.05, 3.63) is 35.1 Å². The predicted octanol–water partition coefficient (Wildman–Crippen LogP) is 1.97. The van der Waals surface area contributed by atoms with Gasteiger partial charge in [-0.05, 0) is 37.1 Å². The molecule has 0 amide bonds. The average Bonchev–Trinajstić information content (AvgIpc) is 2.34. The smallest absolute Gasteiger partial charge is 0.126 e. The highest BCUT2D eigenvalue weighted by Gasteiger charge is 2.18. The monoisotopic (exact) mass is 236 g/mol. The van der Waals surface area contributed by atoms with Crippen LogP contribution in [0.4, 0.5) is 4.39 Å². The van der Waals surface area contributed by atoms with Gasteiger partial charge in [0.1, 0.15) is 5.82 Å². The van der Waals surface area contributed by atoms with Crippen LogP contribution < -0.4 is 5.32 Å². The van der Waals surface area contributed by atoms with Crippen LogP contribution in [0.1, 0.15) is 18.1 Å². The quantitative estimate of drug-likeness (QED) is 0.863. The normalized spacial score (nSPS) is 21.7. The van der Waals surface area contributed by atoms with Crippen LogP contribution in [0.3, 0.4) is 0 Å². The molecule has 0 saturated carbocycles. The zero-order valence-corrected chi connectivity index (χ0v) is 10.7. The lowest BCUT2D eigenvalue weighted by Crippen LogP contribution is -2.51. The molecule has 2 nitrogen and oxygen atoms in total. The largest absolute Gasteiger partial charge is 0.311 e. The molecule has 1 heterocycles. The van der Waals surface area contributed by atoms with Crippen molar-refractivity contribution in [2.45, 2.75) is 26.3 Å². The van der Waals surface area contributed by atoms with Gasteiger partial charge in [0, 0.05) is 25.7 Å². The summed E-state index contributed by atoms with van der Waals surface area (Å²) >= 11 is 0. The Kier molecular flexibility index (Phi) is 4.13. The highest BCUT2D eigenvalue weighted by atomic mass is 19.1. The molecule has 1 fully saturated rings. The Bertz CT molecular complexity index is 378. The maximum Gasteiger partial charge on any atom is 0.126 e. The van der Waals surface area contributed by atoms with Gasteiger partial charge in [-0.15, -0.1) is 0 Å². The topological polar surface area (TPSA) is 15.3 Å². The molecular weight excluding hydrogens is 215 g/mol. The molecule has 1 aromatic carbocycles. The first-order valence-corrected chi connectivity index (χ1v) is 6.40. The van der Waals surface area contributed by atoms with E-state index in [0.29, 0.717) is 6.04 Å². The summed E-state index contributed by atoms with van der Waals surface area (Å²) in [7, 11) is 0. The molecule has 2 rings (SSSR count). The van der Waals surface area contributed by atoms with Gasteiger partial charge in [0.15, 0.2) is 0 Å². The Labute approximate surface area is 103 Å². The Balaban J connectivity index is 1.97. The van der Waals surface area contributed by atoms with E-state index in [1.165, 1.54) is 5.56 Å². The molecule has 0 spiro atoms. The molecule has 1 aliphatic rings. The second-order valence-corrected chi connectivity index (χ2v) is 4.83. The van der Waals surface area contributed by atoms with Crippen molar-refractivity contribution in [3.8, 4) is 0 Å². The standard InChI is InChI=1S/C14H21FN2/c1-3-17-7-6-16-13(10-17)9-12-4-5-14(15)11(2)8-12/h4-5,8,13,16H,3,6-7,9-10H2,1-2H3. The minimum absolute atomic E-state index is 0.111. The molecule has 0 aromatic heterocycles. The minimum atomic E-state index is -0.111. The number of likely N-dealkylation sites (N-methyl/N-ethyl adjacent to an activating group) is 1. The van der Waals surface area contributed by atoms with E-state index in [0.717, 1.165) is 38.2 Å². The zero-order chi connectivity index (χ0) is 12.3. The van der Waals surface area contributed by atoms with Crippen molar-refractivity contribution in [2.24, 2.45) is 0 Å². The van der Waals surface area contributed by atoms with Crippen LogP contribution in [0.15, 0.2) is 18.2 Å². The van der Waals surface area contributed by atoms with E-state index in [9.17, 15) is 4.39 Å². The Morgan fingerprint density at radius 2 is 2.29 bits per heavy atom. The van der Waals surface area contributed by atoms with Crippen LogP contribution in [0.25, 0.3) is 0 Å². The van der Waals surface area contributed by atoms with Crippen molar-refractivity contribution in [2.75, 3.05) is 26.2 Å². The maximum absolute atomic E-state index is 13.2. The van der Waals surface area contributed by atoms with Gasteiger partial charge in [-0.3, -0.25) is 0 Å². The van der Waals surface area contributed by atoms with E-state index in [-0.39, 0.29) is 5.82 Å². The van der Waals surface area contributed by atoms with Gasteiger partial charge in [-0.2, -0.15) is 0 Å². The minimum Gasteiger partial charge on any atom is -0.311 e. The van der Waals surface area contributed by atoms with E-state index < -0.39 is 0 Å². The molecule has 0 aliphatic carbocycles. The fourth-order valence-corrected chi connectivity index (χ4v) is 2.44. The van der Waals surface area contributed by atoms with Crippen LogP contribution in [0.2, 0.25) is 0 Å². The predicted molar refractivity (Wildman–Crippen MR) is 68.7 cm³/mol. The molecule has 0 bridgehead atoms. The third-order valence-corrected chi connectivity index (χ3v) is 3.49. The molecule has 1 aromatic rings. The fourth-order valence-electron chi connectivity index (χ4n) is 2.44. The summed E-state index contributed by atoms with van der Waals surface area (Å²) in [6, 6.07) is 5.93. The third kappa shape index (κ3) is 3.27. The number of aryl methyl sites for hydroxylation is 1. The number of hydrogen-bond donors (Lipinski definition) is 1. The summed E-state index contributed by atoms with van der Waals surface area (Å²) in [4.78, 5) is 2.46. The lowest BCUT2D eigenvalue weighted by atomic mass is 10.0. The molecule has 1 saturated heterocycles. The van der Waals surface area contributed by atoms with Crippen LogP contribution in [0, 0.1) is 12.7 Å². The Morgan fingerprint density at radius 1 is 1.47 bits per heavy atom. The molecule has 3 heteroatoms. The number of nitrogens with one attached hydrogen (secondary N) is 1. The van der Waals surface area contributed by atoms with Gasteiger partial charge in [-0.25, -0.2) is 4.39 Å². The Morgan fingerprint density at radius 3 is 3.00 bits per heavy atom. The number of piperazine rings is 1. The van der Waals surface area contributed by atoms with Crippen LogP contribution >= 0.6 is 0 Å². The second kappa shape index (κ2) is 5.61. The lowest BCUT2D eigenvalue weighted by Gasteiger charge is -2.33. The van der Waals surface area contributed by atoms with Gasteiger partial charge in [-0.1, -0.05) is 19.1 Å². The summed E-state index contributed by atoms with van der Waals surface area (Å²) in [5.74, 6) is -0.111. The van der Waals surface area contributed by atoms with Gasteiger partial charge in [0.25, 0.3) is 0 Å². The highest BCUT2D eigenvalue weighted by Crippen LogP contribution is 2.12. The number of hydrogen-bond acceptors (Lipinski definition) is 2. The summed E-state index contributed by atoms with van der Waals surface area (Å²) in [6.45, 7) is 8.41. The van der Waals surface area contributed by atoms with Crippen LogP contribution in [-0.4, -0.2) is 37.1 Å². The molecule has 0 radical (unpaired) electrons. The molecule has 1 atom stereocenters.